The second-order valence-electron chi connectivity index (χ2n) is 4.72. The number of ketones is 1. The summed E-state index contributed by atoms with van der Waals surface area (Å²) in [5.41, 5.74) is -0.856. The van der Waals surface area contributed by atoms with E-state index in [9.17, 15) is 9.59 Å². The summed E-state index contributed by atoms with van der Waals surface area (Å²) in [4.78, 5) is 26.0. The van der Waals surface area contributed by atoms with Crippen LogP contribution < -0.4 is 0 Å². The van der Waals surface area contributed by atoms with E-state index in [4.69, 9.17) is 4.74 Å². The molecule has 0 N–H and O–H groups in total. The molecule has 2 unspecified atom stereocenters. The molecular weight excluding hydrogens is 194 g/mol. The fourth-order valence-electron chi connectivity index (χ4n) is 2.99. The second-order valence-corrected chi connectivity index (χ2v) is 4.72. The number of hydrogen-bond acceptors (Lipinski definition) is 4. The van der Waals surface area contributed by atoms with Crippen LogP contribution in [0.25, 0.3) is 0 Å². The molecule has 4 nitrogen and oxygen atoms in total. The van der Waals surface area contributed by atoms with E-state index in [-0.39, 0.29) is 17.7 Å². The smallest absolute Gasteiger partial charge is 0.320 e. The van der Waals surface area contributed by atoms with Crippen LogP contribution >= 0.6 is 0 Å². The number of ether oxygens (including phenoxy) is 1. The lowest BCUT2D eigenvalue weighted by Gasteiger charge is -2.45. The summed E-state index contributed by atoms with van der Waals surface area (Å²) in [7, 11) is 3.32. The van der Waals surface area contributed by atoms with Crippen molar-refractivity contribution in [3.63, 3.8) is 0 Å². The summed E-state index contributed by atoms with van der Waals surface area (Å²) in [6.07, 6.45) is 2.53. The van der Waals surface area contributed by atoms with Crippen LogP contribution in [-0.4, -0.2) is 43.9 Å². The van der Waals surface area contributed by atoms with Crippen LogP contribution in [0.2, 0.25) is 0 Å². The number of nitrogens with zero attached hydrogens (tertiary/aromatic N) is 1. The van der Waals surface area contributed by atoms with E-state index in [1.54, 1.807) is 0 Å². The minimum Gasteiger partial charge on any atom is -0.468 e. The third kappa shape index (κ3) is 1.47. The van der Waals surface area contributed by atoms with Crippen LogP contribution in [0.5, 0.6) is 0 Å². The highest BCUT2D eigenvalue weighted by Crippen LogP contribution is 2.41. The molecule has 0 spiro atoms. The molecule has 1 saturated carbocycles. The minimum atomic E-state index is -0.856. The van der Waals surface area contributed by atoms with Gasteiger partial charge < -0.3 is 9.64 Å². The van der Waals surface area contributed by atoms with Crippen molar-refractivity contribution >= 4 is 11.8 Å². The molecule has 0 aromatic carbocycles. The maximum atomic E-state index is 12.1. The molecule has 1 aliphatic heterocycles. The third-order valence-corrected chi connectivity index (χ3v) is 3.65. The van der Waals surface area contributed by atoms with Gasteiger partial charge in [0.2, 0.25) is 0 Å². The van der Waals surface area contributed by atoms with Crippen molar-refractivity contribution in [3.8, 4) is 0 Å². The van der Waals surface area contributed by atoms with Gasteiger partial charge in [0.05, 0.1) is 7.11 Å². The first-order valence-corrected chi connectivity index (χ1v) is 5.41. The van der Waals surface area contributed by atoms with Crippen LogP contribution in [-0.2, 0) is 14.3 Å². The van der Waals surface area contributed by atoms with Crippen molar-refractivity contribution in [2.45, 2.75) is 19.3 Å². The van der Waals surface area contributed by atoms with Crippen molar-refractivity contribution in [2.24, 2.45) is 11.3 Å². The average molecular weight is 211 g/mol. The number of hydrogen-bond donors (Lipinski definition) is 0. The van der Waals surface area contributed by atoms with Gasteiger partial charge in [0, 0.05) is 19.0 Å². The quantitative estimate of drug-likeness (QED) is 0.467. The van der Waals surface area contributed by atoms with Gasteiger partial charge in [0.1, 0.15) is 5.41 Å². The van der Waals surface area contributed by atoms with E-state index in [1.165, 1.54) is 7.11 Å². The SMILES string of the molecule is COC(=O)C12CCCC(CN(C)C1)C2=O. The van der Waals surface area contributed by atoms with E-state index in [0.29, 0.717) is 13.0 Å². The summed E-state index contributed by atoms with van der Waals surface area (Å²) in [5.74, 6) is -0.195. The van der Waals surface area contributed by atoms with Gasteiger partial charge in [-0.15, -0.1) is 0 Å². The zero-order valence-electron chi connectivity index (χ0n) is 9.28. The molecule has 0 aromatic heterocycles. The highest BCUT2D eigenvalue weighted by molar-refractivity contribution is 6.06. The van der Waals surface area contributed by atoms with Crippen LogP contribution in [0.4, 0.5) is 0 Å². The lowest BCUT2D eigenvalue weighted by Crippen LogP contribution is -2.59. The summed E-state index contributed by atoms with van der Waals surface area (Å²) in [6.45, 7) is 1.31. The molecule has 1 saturated heterocycles. The lowest BCUT2D eigenvalue weighted by molar-refractivity contribution is -0.167. The van der Waals surface area contributed by atoms with E-state index in [2.05, 4.69) is 4.90 Å². The molecule has 2 fully saturated rings. The number of Topliss-reactive ketones (excluding diaryl/α,β-unsaturated/α-hetero) is 1. The Kier molecular flexibility index (Phi) is 2.54. The highest BCUT2D eigenvalue weighted by Gasteiger charge is 2.54. The van der Waals surface area contributed by atoms with Crippen molar-refractivity contribution in [2.75, 3.05) is 27.2 Å². The first-order valence-electron chi connectivity index (χ1n) is 5.41. The Labute approximate surface area is 89.6 Å². The van der Waals surface area contributed by atoms with Gasteiger partial charge in [0.25, 0.3) is 0 Å². The molecule has 2 bridgehead atoms. The Balaban J connectivity index is 2.33. The highest BCUT2D eigenvalue weighted by atomic mass is 16.5. The molecule has 1 aliphatic carbocycles. The van der Waals surface area contributed by atoms with Crippen molar-refractivity contribution < 1.29 is 14.3 Å². The molecule has 2 atom stereocenters. The van der Waals surface area contributed by atoms with Crippen LogP contribution in [0.3, 0.4) is 0 Å². The zero-order chi connectivity index (χ0) is 11.1. The van der Waals surface area contributed by atoms with Gasteiger partial charge in [0.15, 0.2) is 5.78 Å². The third-order valence-electron chi connectivity index (χ3n) is 3.65. The average Bonchev–Trinajstić information content (AvgIpc) is 2.19. The molecule has 4 heteroatoms. The van der Waals surface area contributed by atoms with E-state index >= 15 is 0 Å². The van der Waals surface area contributed by atoms with Crippen molar-refractivity contribution in [3.05, 3.63) is 0 Å². The number of fused-ring (bicyclic) bond motifs is 2. The van der Waals surface area contributed by atoms with Gasteiger partial charge in [-0.05, 0) is 19.9 Å². The molecule has 0 amide bonds. The summed E-state index contributed by atoms with van der Waals surface area (Å²) >= 11 is 0. The second kappa shape index (κ2) is 3.59. The molecule has 0 aromatic rings. The first kappa shape index (κ1) is 10.6. The Morgan fingerprint density at radius 1 is 1.60 bits per heavy atom. The minimum absolute atomic E-state index is 0.0385. The standard InChI is InChI=1S/C11H17NO3/c1-12-6-8-4-3-5-11(7-12,9(8)13)10(14)15-2/h8H,3-7H2,1-2H3. The van der Waals surface area contributed by atoms with Crippen molar-refractivity contribution in [1.82, 2.24) is 4.90 Å². The molecule has 84 valence electrons. The fraction of sp³-hybridized carbons (Fsp3) is 0.818. The predicted octanol–water partition coefficient (Wildman–Crippen LogP) is 0.460. The number of piperidine rings is 1. The molecular formula is C11H17NO3. The van der Waals surface area contributed by atoms with E-state index in [0.717, 1.165) is 19.4 Å². The molecule has 2 rings (SSSR count). The van der Waals surface area contributed by atoms with E-state index in [1.807, 2.05) is 7.05 Å². The van der Waals surface area contributed by atoms with Crippen LogP contribution in [0, 0.1) is 11.3 Å². The number of likely N-dealkylation sites (tertiary alicyclic amines) is 1. The first-order chi connectivity index (χ1) is 7.10. The summed E-state index contributed by atoms with van der Waals surface area (Å²) in [5, 5.41) is 0. The van der Waals surface area contributed by atoms with Crippen molar-refractivity contribution in [1.29, 1.82) is 0 Å². The Morgan fingerprint density at radius 2 is 2.33 bits per heavy atom. The topological polar surface area (TPSA) is 46.6 Å². The maximum Gasteiger partial charge on any atom is 0.320 e. The number of rotatable bonds is 1. The molecule has 1 heterocycles. The number of methoxy groups -OCH3 is 1. The molecule has 15 heavy (non-hydrogen) atoms. The zero-order valence-corrected chi connectivity index (χ0v) is 9.28. The van der Waals surface area contributed by atoms with Gasteiger partial charge in [-0.2, -0.15) is 0 Å². The number of carbonyl (C=O) groups is 2. The van der Waals surface area contributed by atoms with E-state index < -0.39 is 5.41 Å². The lowest BCUT2D eigenvalue weighted by atomic mass is 9.65. The fourth-order valence-corrected chi connectivity index (χ4v) is 2.99. The molecule has 2 aliphatic rings. The van der Waals surface area contributed by atoms with Crippen LogP contribution in [0.1, 0.15) is 19.3 Å². The molecule has 0 radical (unpaired) electrons. The monoisotopic (exact) mass is 211 g/mol. The largest absolute Gasteiger partial charge is 0.468 e. The normalized spacial score (nSPS) is 36.4. The van der Waals surface area contributed by atoms with Crippen LogP contribution in [0.15, 0.2) is 0 Å². The predicted molar refractivity (Wildman–Crippen MR) is 54.3 cm³/mol. The Hall–Kier alpha value is -0.900. The Bertz CT molecular complexity index is 302. The maximum absolute atomic E-state index is 12.1. The van der Waals surface area contributed by atoms with Gasteiger partial charge in [-0.3, -0.25) is 9.59 Å². The summed E-state index contributed by atoms with van der Waals surface area (Å²) in [6, 6.07) is 0. The van der Waals surface area contributed by atoms with Gasteiger partial charge in [-0.1, -0.05) is 6.42 Å². The summed E-state index contributed by atoms with van der Waals surface area (Å²) < 4.78 is 4.80. The van der Waals surface area contributed by atoms with Gasteiger partial charge in [-0.25, -0.2) is 0 Å². The Morgan fingerprint density at radius 3 is 3.00 bits per heavy atom. The number of esters is 1. The number of carbonyl (C=O) groups excluding carboxylic acids is 2. The van der Waals surface area contributed by atoms with Gasteiger partial charge >= 0.3 is 5.97 Å².